The Bertz CT molecular complexity index is 764. The number of rotatable bonds is 5. The number of aromatic nitrogens is 2. The highest BCUT2D eigenvalue weighted by Gasteiger charge is 2.27. The summed E-state index contributed by atoms with van der Waals surface area (Å²) in [6, 6.07) is 8.24. The van der Waals surface area contributed by atoms with Gasteiger partial charge < -0.3 is 19.7 Å². The molecule has 0 radical (unpaired) electrons. The molecule has 3 amide bonds. The lowest BCUT2D eigenvalue weighted by Crippen LogP contribution is -2.46. The monoisotopic (exact) mass is 369 g/mol. The van der Waals surface area contributed by atoms with E-state index in [2.05, 4.69) is 22.4 Å². The van der Waals surface area contributed by atoms with Gasteiger partial charge in [0, 0.05) is 58.6 Å². The van der Waals surface area contributed by atoms with Crippen LogP contribution in [0.5, 0.6) is 0 Å². The Morgan fingerprint density at radius 3 is 2.63 bits per heavy atom. The maximum absolute atomic E-state index is 12.5. The van der Waals surface area contributed by atoms with Crippen molar-refractivity contribution in [3.63, 3.8) is 0 Å². The topological polar surface area (TPSA) is 70.5 Å². The summed E-state index contributed by atoms with van der Waals surface area (Å²) in [6.45, 7) is 2.55. The molecule has 1 aliphatic heterocycles. The Morgan fingerprint density at radius 1 is 1.22 bits per heavy atom. The molecule has 0 unspecified atom stereocenters. The zero-order valence-corrected chi connectivity index (χ0v) is 16.0. The van der Waals surface area contributed by atoms with Gasteiger partial charge >= 0.3 is 6.03 Å². The number of likely N-dealkylation sites (tertiary alicyclic amines) is 1. The maximum Gasteiger partial charge on any atom is 0.319 e. The van der Waals surface area contributed by atoms with Crippen molar-refractivity contribution >= 4 is 11.9 Å². The molecular formula is C20H27N5O2. The summed E-state index contributed by atoms with van der Waals surface area (Å²) in [7, 11) is 3.50. The molecule has 0 saturated carbocycles. The third-order valence-electron chi connectivity index (χ3n) is 4.90. The number of imidazole rings is 1. The van der Waals surface area contributed by atoms with Crippen LogP contribution in [-0.4, -0.2) is 58.5 Å². The summed E-state index contributed by atoms with van der Waals surface area (Å²) in [5.41, 5.74) is 2.26. The lowest BCUT2D eigenvalue weighted by molar-refractivity contribution is -0.126. The van der Waals surface area contributed by atoms with Crippen molar-refractivity contribution in [2.24, 2.45) is 5.92 Å². The minimum Gasteiger partial charge on any atom is -0.352 e. The number of urea groups is 1. The van der Waals surface area contributed by atoms with E-state index in [0.717, 1.165) is 12.1 Å². The van der Waals surface area contributed by atoms with Gasteiger partial charge in [0.1, 0.15) is 0 Å². The summed E-state index contributed by atoms with van der Waals surface area (Å²) in [6.07, 6.45) is 6.92. The molecule has 2 aromatic rings. The fourth-order valence-corrected chi connectivity index (χ4v) is 3.38. The van der Waals surface area contributed by atoms with Gasteiger partial charge in [-0.3, -0.25) is 4.79 Å². The molecule has 7 heteroatoms. The molecule has 0 bridgehead atoms. The van der Waals surface area contributed by atoms with Gasteiger partial charge in [-0.05, 0) is 24.0 Å². The van der Waals surface area contributed by atoms with Gasteiger partial charge in [0.05, 0.1) is 6.33 Å². The molecule has 0 aliphatic carbocycles. The average Bonchev–Trinajstić information content (AvgIpc) is 3.19. The molecule has 1 saturated heterocycles. The van der Waals surface area contributed by atoms with Crippen molar-refractivity contribution in [1.82, 2.24) is 24.7 Å². The first kappa shape index (κ1) is 18.9. The fourth-order valence-electron chi connectivity index (χ4n) is 3.38. The Hall–Kier alpha value is -2.83. The van der Waals surface area contributed by atoms with Gasteiger partial charge in [-0.25, -0.2) is 9.78 Å². The Kier molecular flexibility index (Phi) is 6.11. The van der Waals surface area contributed by atoms with E-state index in [9.17, 15) is 9.59 Å². The smallest absolute Gasteiger partial charge is 0.319 e. The first-order valence-corrected chi connectivity index (χ1v) is 9.30. The summed E-state index contributed by atoms with van der Waals surface area (Å²) in [4.78, 5) is 31.9. The van der Waals surface area contributed by atoms with E-state index in [0.29, 0.717) is 32.5 Å². The summed E-state index contributed by atoms with van der Waals surface area (Å²) in [5, 5.41) is 3.05. The number of carbonyl (C=O) groups is 2. The average molecular weight is 369 g/mol. The van der Waals surface area contributed by atoms with Crippen LogP contribution in [0.2, 0.25) is 0 Å². The molecular weight excluding hydrogens is 342 g/mol. The van der Waals surface area contributed by atoms with E-state index in [1.165, 1.54) is 5.56 Å². The molecule has 27 heavy (non-hydrogen) atoms. The first-order chi connectivity index (χ1) is 13.0. The van der Waals surface area contributed by atoms with E-state index in [-0.39, 0.29) is 17.9 Å². The summed E-state index contributed by atoms with van der Waals surface area (Å²) >= 11 is 0. The first-order valence-electron chi connectivity index (χ1n) is 9.30. The lowest BCUT2D eigenvalue weighted by Gasteiger charge is -2.33. The lowest BCUT2D eigenvalue weighted by atomic mass is 9.96. The normalized spacial score (nSPS) is 14.8. The number of hydrogen-bond donors (Lipinski definition) is 1. The van der Waals surface area contributed by atoms with E-state index in [1.807, 2.05) is 27.8 Å². The van der Waals surface area contributed by atoms with Crippen LogP contribution < -0.4 is 5.32 Å². The van der Waals surface area contributed by atoms with Crippen LogP contribution in [0, 0.1) is 5.92 Å². The highest BCUT2D eigenvalue weighted by atomic mass is 16.2. The molecule has 2 heterocycles. The van der Waals surface area contributed by atoms with Gasteiger partial charge in [-0.15, -0.1) is 0 Å². The van der Waals surface area contributed by atoms with E-state index in [1.54, 1.807) is 31.5 Å². The van der Waals surface area contributed by atoms with Crippen LogP contribution in [0.3, 0.4) is 0 Å². The quantitative estimate of drug-likeness (QED) is 0.876. The van der Waals surface area contributed by atoms with Crippen molar-refractivity contribution in [1.29, 1.82) is 0 Å². The molecule has 7 nitrogen and oxygen atoms in total. The zero-order chi connectivity index (χ0) is 19.2. The summed E-state index contributed by atoms with van der Waals surface area (Å²) < 4.78 is 2.01. The maximum atomic E-state index is 12.5. The molecule has 0 atom stereocenters. The van der Waals surface area contributed by atoms with Crippen molar-refractivity contribution in [3.05, 3.63) is 54.1 Å². The number of benzene rings is 1. The molecule has 1 N–H and O–H groups in total. The van der Waals surface area contributed by atoms with Gasteiger partial charge in [0.15, 0.2) is 0 Å². The standard InChI is InChI=1S/C20H27N5O2/c1-23(2)20(27)25-9-6-18(7-10-25)19(26)22-13-16-4-3-5-17(12-16)14-24-11-8-21-15-24/h3-5,8,11-12,15,18H,6-7,9-10,13-14H2,1-2H3,(H,22,26). The minimum atomic E-state index is -0.0228. The second kappa shape index (κ2) is 8.70. The second-order valence-electron chi connectivity index (χ2n) is 7.21. The van der Waals surface area contributed by atoms with Crippen LogP contribution in [-0.2, 0) is 17.9 Å². The fraction of sp³-hybridized carbons (Fsp3) is 0.450. The number of piperidine rings is 1. The summed E-state index contributed by atoms with van der Waals surface area (Å²) in [5.74, 6) is 0.0531. The highest BCUT2D eigenvalue weighted by molar-refractivity contribution is 5.79. The molecule has 3 rings (SSSR count). The van der Waals surface area contributed by atoms with Crippen LogP contribution in [0.1, 0.15) is 24.0 Å². The molecule has 1 aromatic carbocycles. The van der Waals surface area contributed by atoms with Crippen LogP contribution in [0.4, 0.5) is 4.79 Å². The largest absolute Gasteiger partial charge is 0.352 e. The van der Waals surface area contributed by atoms with Crippen LogP contribution >= 0.6 is 0 Å². The third kappa shape index (κ3) is 5.09. The number of amides is 3. The van der Waals surface area contributed by atoms with Crippen LogP contribution in [0.25, 0.3) is 0 Å². The SMILES string of the molecule is CN(C)C(=O)N1CCC(C(=O)NCc2cccc(Cn3ccnc3)c2)CC1. The Balaban J connectivity index is 1.47. The predicted octanol–water partition coefficient (Wildman–Crippen LogP) is 1.94. The number of nitrogens with zero attached hydrogens (tertiary/aromatic N) is 4. The van der Waals surface area contributed by atoms with Crippen molar-refractivity contribution in [2.45, 2.75) is 25.9 Å². The van der Waals surface area contributed by atoms with E-state index < -0.39 is 0 Å². The Labute approximate surface area is 160 Å². The zero-order valence-electron chi connectivity index (χ0n) is 16.0. The van der Waals surface area contributed by atoms with Gasteiger partial charge in [-0.1, -0.05) is 24.3 Å². The second-order valence-corrected chi connectivity index (χ2v) is 7.21. The highest BCUT2D eigenvalue weighted by Crippen LogP contribution is 2.18. The molecule has 144 valence electrons. The van der Waals surface area contributed by atoms with E-state index >= 15 is 0 Å². The van der Waals surface area contributed by atoms with Crippen LogP contribution in [0.15, 0.2) is 43.0 Å². The van der Waals surface area contributed by atoms with Gasteiger partial charge in [0.25, 0.3) is 0 Å². The van der Waals surface area contributed by atoms with Gasteiger partial charge in [0.2, 0.25) is 5.91 Å². The van der Waals surface area contributed by atoms with Gasteiger partial charge in [-0.2, -0.15) is 0 Å². The van der Waals surface area contributed by atoms with Crippen molar-refractivity contribution in [2.75, 3.05) is 27.2 Å². The molecule has 0 spiro atoms. The molecule has 1 aliphatic rings. The predicted molar refractivity (Wildman–Crippen MR) is 103 cm³/mol. The minimum absolute atomic E-state index is 0.0172. The number of carbonyl (C=O) groups excluding carboxylic acids is 2. The molecule has 1 aromatic heterocycles. The number of nitrogens with one attached hydrogen (secondary N) is 1. The van der Waals surface area contributed by atoms with Crippen molar-refractivity contribution < 1.29 is 9.59 Å². The van der Waals surface area contributed by atoms with E-state index in [4.69, 9.17) is 0 Å². The number of hydrogen-bond acceptors (Lipinski definition) is 3. The Morgan fingerprint density at radius 2 is 1.96 bits per heavy atom. The van der Waals surface area contributed by atoms with Crippen molar-refractivity contribution in [3.8, 4) is 0 Å². The molecule has 1 fully saturated rings. The third-order valence-corrected chi connectivity index (χ3v) is 4.90.